The van der Waals surface area contributed by atoms with Gasteiger partial charge in [-0.05, 0) is 67.3 Å². The van der Waals surface area contributed by atoms with E-state index in [9.17, 15) is 9.59 Å². The van der Waals surface area contributed by atoms with Crippen LogP contribution in [0, 0.1) is 13.8 Å². The van der Waals surface area contributed by atoms with E-state index in [4.69, 9.17) is 4.74 Å². The number of hydrogen-bond acceptors (Lipinski definition) is 3. The van der Waals surface area contributed by atoms with Crippen LogP contribution in [0.3, 0.4) is 0 Å². The molecule has 0 fully saturated rings. The lowest BCUT2D eigenvalue weighted by Crippen LogP contribution is -2.38. The van der Waals surface area contributed by atoms with Crippen molar-refractivity contribution < 1.29 is 14.3 Å². The van der Waals surface area contributed by atoms with Crippen LogP contribution in [0.4, 0.5) is 0 Å². The van der Waals surface area contributed by atoms with Gasteiger partial charge in [-0.3, -0.25) is 9.59 Å². The number of carbonyl (C=O) groups excluding carboxylic acids is 2. The van der Waals surface area contributed by atoms with E-state index < -0.39 is 0 Å². The van der Waals surface area contributed by atoms with E-state index in [-0.39, 0.29) is 24.3 Å². The number of benzene rings is 2. The molecule has 144 valence electrons. The summed E-state index contributed by atoms with van der Waals surface area (Å²) in [4.78, 5) is 25.8. The summed E-state index contributed by atoms with van der Waals surface area (Å²) >= 11 is 0. The lowest BCUT2D eigenvalue weighted by molar-refractivity contribution is -0.121. The molecule has 5 nitrogen and oxygen atoms in total. The number of ether oxygens (including phenoxy) is 1. The SMILES string of the molecule is CNC(=O)C[C@@H](C)N(C)C(=O)c1ccc(-c2cc(C)c(OC)c(C)c2)cc1. The molecule has 2 aromatic rings. The molecule has 0 bridgehead atoms. The Morgan fingerprint density at radius 2 is 1.63 bits per heavy atom. The van der Waals surface area contributed by atoms with Gasteiger partial charge in [0.1, 0.15) is 5.75 Å². The molecular weight excluding hydrogens is 340 g/mol. The number of aryl methyl sites for hydroxylation is 2. The molecule has 1 N–H and O–H groups in total. The first-order chi connectivity index (χ1) is 12.8. The number of nitrogens with one attached hydrogen (secondary N) is 1. The minimum atomic E-state index is -0.177. The molecule has 2 amide bonds. The first-order valence-electron chi connectivity index (χ1n) is 9.01. The molecule has 0 aromatic heterocycles. The van der Waals surface area contributed by atoms with Crippen LogP contribution in [0.15, 0.2) is 36.4 Å². The zero-order valence-corrected chi connectivity index (χ0v) is 16.9. The standard InChI is InChI=1S/C22H28N2O3/c1-14-11-19(12-15(2)21(14)27-6)17-7-9-18(10-8-17)22(26)24(5)16(3)13-20(25)23-4/h7-12,16H,13H2,1-6H3,(H,23,25)/t16-/m1/s1. The molecule has 1 atom stereocenters. The second kappa shape index (κ2) is 8.71. The Morgan fingerprint density at radius 1 is 1.07 bits per heavy atom. The molecule has 0 aliphatic rings. The molecular formula is C22H28N2O3. The fourth-order valence-corrected chi connectivity index (χ4v) is 3.16. The first-order valence-corrected chi connectivity index (χ1v) is 9.01. The second-order valence-electron chi connectivity index (χ2n) is 6.86. The third-order valence-corrected chi connectivity index (χ3v) is 4.87. The molecule has 0 radical (unpaired) electrons. The summed E-state index contributed by atoms with van der Waals surface area (Å²) in [6.45, 7) is 5.91. The molecule has 0 saturated carbocycles. The van der Waals surface area contributed by atoms with Crippen LogP contribution >= 0.6 is 0 Å². The predicted octanol–water partition coefficient (Wildman–Crippen LogP) is 3.58. The summed E-state index contributed by atoms with van der Waals surface area (Å²) in [5.41, 5.74) is 4.89. The van der Waals surface area contributed by atoms with Gasteiger partial charge >= 0.3 is 0 Å². The molecule has 0 spiro atoms. The summed E-state index contributed by atoms with van der Waals surface area (Å²) < 4.78 is 5.42. The number of hydrogen-bond donors (Lipinski definition) is 1. The fraction of sp³-hybridized carbons (Fsp3) is 0.364. The van der Waals surface area contributed by atoms with E-state index in [0.29, 0.717) is 5.56 Å². The molecule has 2 aromatic carbocycles. The maximum absolute atomic E-state index is 12.7. The Bertz CT molecular complexity index is 805. The number of amides is 2. The normalized spacial score (nSPS) is 11.6. The van der Waals surface area contributed by atoms with Crippen molar-refractivity contribution in [2.24, 2.45) is 0 Å². The van der Waals surface area contributed by atoms with Gasteiger partial charge in [0, 0.05) is 32.1 Å². The molecule has 27 heavy (non-hydrogen) atoms. The Labute approximate surface area is 161 Å². The van der Waals surface area contributed by atoms with E-state index in [0.717, 1.165) is 28.0 Å². The molecule has 2 rings (SSSR count). The van der Waals surface area contributed by atoms with Crippen molar-refractivity contribution >= 4 is 11.8 Å². The summed E-state index contributed by atoms with van der Waals surface area (Å²) in [5, 5.41) is 2.59. The zero-order chi connectivity index (χ0) is 20.1. The first kappa shape index (κ1) is 20.5. The molecule has 0 aliphatic heterocycles. The molecule has 0 heterocycles. The third-order valence-electron chi connectivity index (χ3n) is 4.87. The van der Waals surface area contributed by atoms with Gasteiger partial charge in [-0.25, -0.2) is 0 Å². The van der Waals surface area contributed by atoms with E-state index in [1.165, 1.54) is 0 Å². The van der Waals surface area contributed by atoms with Crippen LogP contribution in [0.25, 0.3) is 11.1 Å². The largest absolute Gasteiger partial charge is 0.496 e. The summed E-state index contributed by atoms with van der Waals surface area (Å²) in [7, 11) is 5.00. The van der Waals surface area contributed by atoms with Gasteiger partial charge in [0.05, 0.1) is 7.11 Å². The topological polar surface area (TPSA) is 58.6 Å². The molecule has 0 saturated heterocycles. The number of rotatable bonds is 6. The van der Waals surface area contributed by atoms with Gasteiger partial charge in [-0.1, -0.05) is 12.1 Å². The van der Waals surface area contributed by atoms with Gasteiger partial charge in [0.15, 0.2) is 0 Å². The smallest absolute Gasteiger partial charge is 0.253 e. The second-order valence-corrected chi connectivity index (χ2v) is 6.86. The lowest BCUT2D eigenvalue weighted by Gasteiger charge is -2.24. The van der Waals surface area contributed by atoms with Gasteiger partial charge in [0.25, 0.3) is 5.91 Å². The van der Waals surface area contributed by atoms with Crippen LogP contribution in [0.5, 0.6) is 5.75 Å². The van der Waals surface area contributed by atoms with Gasteiger partial charge in [0.2, 0.25) is 5.91 Å². The highest BCUT2D eigenvalue weighted by Crippen LogP contribution is 2.30. The minimum absolute atomic E-state index is 0.0808. The fourth-order valence-electron chi connectivity index (χ4n) is 3.16. The Hall–Kier alpha value is -2.82. The monoisotopic (exact) mass is 368 g/mol. The van der Waals surface area contributed by atoms with Gasteiger partial charge in [-0.2, -0.15) is 0 Å². The quantitative estimate of drug-likeness (QED) is 0.848. The van der Waals surface area contributed by atoms with Crippen LogP contribution in [-0.4, -0.2) is 44.0 Å². The van der Waals surface area contributed by atoms with Crippen molar-refractivity contribution in [3.8, 4) is 16.9 Å². The van der Waals surface area contributed by atoms with Crippen LogP contribution in [0.2, 0.25) is 0 Å². The van der Waals surface area contributed by atoms with Crippen LogP contribution < -0.4 is 10.1 Å². The molecule has 0 aliphatic carbocycles. The van der Waals surface area contributed by atoms with Crippen molar-refractivity contribution in [2.75, 3.05) is 21.2 Å². The highest BCUT2D eigenvalue weighted by molar-refractivity contribution is 5.95. The maximum Gasteiger partial charge on any atom is 0.253 e. The number of carbonyl (C=O) groups is 2. The Balaban J connectivity index is 2.19. The predicted molar refractivity (Wildman–Crippen MR) is 108 cm³/mol. The van der Waals surface area contributed by atoms with Crippen molar-refractivity contribution in [1.82, 2.24) is 10.2 Å². The van der Waals surface area contributed by atoms with Crippen molar-refractivity contribution in [2.45, 2.75) is 33.2 Å². The lowest BCUT2D eigenvalue weighted by atomic mass is 9.98. The summed E-state index contributed by atoms with van der Waals surface area (Å²) in [6.07, 6.45) is 0.279. The Kier molecular flexibility index (Phi) is 6.61. The van der Waals surface area contributed by atoms with Crippen molar-refractivity contribution in [3.63, 3.8) is 0 Å². The van der Waals surface area contributed by atoms with E-state index in [2.05, 4.69) is 17.4 Å². The van der Waals surface area contributed by atoms with Crippen LogP contribution in [-0.2, 0) is 4.79 Å². The van der Waals surface area contributed by atoms with Crippen molar-refractivity contribution in [1.29, 1.82) is 0 Å². The van der Waals surface area contributed by atoms with Crippen LogP contribution in [0.1, 0.15) is 34.8 Å². The van der Waals surface area contributed by atoms with Gasteiger partial charge < -0.3 is 15.0 Å². The van der Waals surface area contributed by atoms with Crippen molar-refractivity contribution in [3.05, 3.63) is 53.1 Å². The van der Waals surface area contributed by atoms with E-state index >= 15 is 0 Å². The average Bonchev–Trinajstić information content (AvgIpc) is 2.66. The van der Waals surface area contributed by atoms with E-state index in [1.807, 2.05) is 45.0 Å². The number of methoxy groups -OCH3 is 1. The number of nitrogens with zero attached hydrogens (tertiary/aromatic N) is 1. The highest BCUT2D eigenvalue weighted by Gasteiger charge is 2.19. The molecule has 5 heteroatoms. The summed E-state index contributed by atoms with van der Waals surface area (Å²) in [6, 6.07) is 11.5. The summed E-state index contributed by atoms with van der Waals surface area (Å²) in [5.74, 6) is 0.722. The molecule has 0 unspecified atom stereocenters. The average molecular weight is 368 g/mol. The third kappa shape index (κ3) is 4.67. The zero-order valence-electron chi connectivity index (χ0n) is 16.9. The van der Waals surface area contributed by atoms with Gasteiger partial charge in [-0.15, -0.1) is 0 Å². The Morgan fingerprint density at radius 3 is 2.11 bits per heavy atom. The highest BCUT2D eigenvalue weighted by atomic mass is 16.5. The maximum atomic E-state index is 12.7. The minimum Gasteiger partial charge on any atom is -0.496 e. The van der Waals surface area contributed by atoms with E-state index in [1.54, 1.807) is 26.1 Å².